The maximum atomic E-state index is 12.6. The maximum Gasteiger partial charge on any atom is 0.267 e. The number of carbonyl (C=O) groups is 2. The van der Waals surface area contributed by atoms with Gasteiger partial charge in [0.2, 0.25) is 0 Å². The Morgan fingerprint density at radius 2 is 1.66 bits per heavy atom. The number of rotatable bonds is 8. The Labute approximate surface area is 198 Å². The first-order chi connectivity index (χ1) is 15.5. The summed E-state index contributed by atoms with van der Waals surface area (Å²) in [5, 5.41) is 23.9. The van der Waals surface area contributed by atoms with Gasteiger partial charge in [-0.3, -0.25) is 9.59 Å². The highest BCUT2D eigenvalue weighted by atomic mass is 127. The number of aromatic hydroxyl groups is 1. The molecule has 0 aliphatic rings. The summed E-state index contributed by atoms with van der Waals surface area (Å²) in [6.45, 7) is -0.206. The second-order valence-corrected chi connectivity index (χ2v) is 7.77. The van der Waals surface area contributed by atoms with Crippen molar-refractivity contribution in [3.8, 4) is 17.2 Å². The van der Waals surface area contributed by atoms with Gasteiger partial charge >= 0.3 is 0 Å². The Hall–Kier alpha value is -3.37. The molecular weight excluding hydrogens is 523 g/mol. The van der Waals surface area contributed by atoms with Gasteiger partial charge in [-0.2, -0.15) is 0 Å². The molecular formula is C24H21IN2O5. The minimum Gasteiger partial charge on any atom is -0.507 e. The molecule has 164 valence electrons. The van der Waals surface area contributed by atoms with E-state index in [1.165, 1.54) is 18.2 Å². The van der Waals surface area contributed by atoms with Crippen LogP contribution in [0.2, 0.25) is 0 Å². The highest BCUT2D eigenvalue weighted by Gasteiger charge is 2.16. The minimum absolute atomic E-state index is 0.0296. The van der Waals surface area contributed by atoms with E-state index in [0.29, 0.717) is 11.3 Å². The number of para-hydroxylation sites is 2. The van der Waals surface area contributed by atoms with Gasteiger partial charge in [0, 0.05) is 6.54 Å². The zero-order chi connectivity index (χ0) is 22.9. The molecule has 0 aliphatic carbocycles. The summed E-state index contributed by atoms with van der Waals surface area (Å²) >= 11 is 2.19. The summed E-state index contributed by atoms with van der Waals surface area (Å²) in [5.41, 5.74) is 0.652. The number of hydrogen-bond donors (Lipinski definition) is 4. The third-order valence-corrected chi connectivity index (χ3v) is 5.19. The van der Waals surface area contributed by atoms with Crippen LogP contribution in [0.3, 0.4) is 0 Å². The van der Waals surface area contributed by atoms with Crippen LogP contribution in [0.4, 0.5) is 0 Å². The van der Waals surface area contributed by atoms with E-state index in [1.54, 1.807) is 36.4 Å². The van der Waals surface area contributed by atoms with Gasteiger partial charge < -0.3 is 25.6 Å². The van der Waals surface area contributed by atoms with Gasteiger partial charge in [0.25, 0.3) is 11.8 Å². The molecule has 0 saturated heterocycles. The highest BCUT2D eigenvalue weighted by Crippen LogP contribution is 2.26. The summed E-state index contributed by atoms with van der Waals surface area (Å²) in [6.07, 6.45) is 1.50. The van der Waals surface area contributed by atoms with E-state index in [-0.39, 0.29) is 30.2 Å². The van der Waals surface area contributed by atoms with E-state index < -0.39 is 11.8 Å². The van der Waals surface area contributed by atoms with E-state index in [4.69, 9.17) is 9.84 Å². The van der Waals surface area contributed by atoms with Crippen molar-refractivity contribution >= 4 is 40.5 Å². The van der Waals surface area contributed by atoms with Gasteiger partial charge in [0.05, 0.1) is 15.7 Å². The van der Waals surface area contributed by atoms with Gasteiger partial charge in [-0.15, -0.1) is 0 Å². The maximum absolute atomic E-state index is 12.6. The van der Waals surface area contributed by atoms with Crippen LogP contribution in [0.25, 0.3) is 6.08 Å². The number of phenolic OH excluding ortho intramolecular Hbond substituents is 1. The van der Waals surface area contributed by atoms with Crippen LogP contribution in [0.1, 0.15) is 15.9 Å². The SMILES string of the molecule is O=C(NCCO)/C(=C\c1ccc(Oc2ccccc2I)cc1)NC(=O)c1ccccc1O. The zero-order valence-electron chi connectivity index (χ0n) is 16.9. The molecule has 3 aromatic carbocycles. The number of halogens is 1. The number of aliphatic hydroxyl groups is 1. The Bertz CT molecular complexity index is 1130. The number of nitrogens with one attached hydrogen (secondary N) is 2. The van der Waals surface area contributed by atoms with Crippen molar-refractivity contribution in [2.75, 3.05) is 13.2 Å². The fourth-order valence-electron chi connectivity index (χ4n) is 2.73. The van der Waals surface area contributed by atoms with Crippen molar-refractivity contribution in [3.63, 3.8) is 0 Å². The number of hydrogen-bond acceptors (Lipinski definition) is 5. The predicted molar refractivity (Wildman–Crippen MR) is 129 cm³/mol. The average molecular weight is 544 g/mol. The van der Waals surface area contributed by atoms with E-state index in [0.717, 1.165) is 9.32 Å². The van der Waals surface area contributed by atoms with Crippen LogP contribution < -0.4 is 15.4 Å². The Balaban J connectivity index is 1.81. The molecule has 0 radical (unpaired) electrons. The summed E-state index contributed by atoms with van der Waals surface area (Å²) in [5.74, 6) is -0.0440. The van der Waals surface area contributed by atoms with Gasteiger partial charge in [0.15, 0.2) is 0 Å². The zero-order valence-corrected chi connectivity index (χ0v) is 19.1. The molecule has 0 aliphatic heterocycles. The molecule has 0 aromatic heterocycles. The summed E-state index contributed by atoms with van der Waals surface area (Å²) in [4.78, 5) is 25.1. The first-order valence-corrected chi connectivity index (χ1v) is 10.8. The third kappa shape index (κ3) is 6.32. The second kappa shape index (κ2) is 11.3. The number of amides is 2. The molecule has 3 rings (SSSR count). The van der Waals surface area contributed by atoms with Gasteiger partial charge in [-0.1, -0.05) is 36.4 Å². The number of phenols is 1. The van der Waals surface area contributed by atoms with Crippen LogP contribution >= 0.6 is 22.6 Å². The van der Waals surface area contributed by atoms with E-state index in [9.17, 15) is 14.7 Å². The van der Waals surface area contributed by atoms with E-state index in [2.05, 4.69) is 33.2 Å². The Morgan fingerprint density at radius 3 is 2.34 bits per heavy atom. The third-order valence-electron chi connectivity index (χ3n) is 4.29. The quantitative estimate of drug-likeness (QED) is 0.256. The molecule has 0 heterocycles. The minimum atomic E-state index is -0.632. The van der Waals surface area contributed by atoms with Crippen molar-refractivity contribution in [1.82, 2.24) is 10.6 Å². The van der Waals surface area contributed by atoms with Crippen LogP contribution in [-0.4, -0.2) is 35.2 Å². The molecule has 2 amide bonds. The molecule has 4 N–H and O–H groups in total. The highest BCUT2D eigenvalue weighted by molar-refractivity contribution is 14.1. The summed E-state index contributed by atoms with van der Waals surface area (Å²) in [7, 11) is 0. The Morgan fingerprint density at radius 1 is 0.969 bits per heavy atom. The lowest BCUT2D eigenvalue weighted by Gasteiger charge is -2.12. The lowest BCUT2D eigenvalue weighted by molar-refractivity contribution is -0.117. The molecule has 0 unspecified atom stereocenters. The fraction of sp³-hybridized carbons (Fsp3) is 0.0833. The average Bonchev–Trinajstić information content (AvgIpc) is 2.80. The first-order valence-electron chi connectivity index (χ1n) is 9.70. The lowest BCUT2D eigenvalue weighted by Crippen LogP contribution is -2.36. The van der Waals surface area contributed by atoms with Crippen LogP contribution in [0, 0.1) is 3.57 Å². The normalized spacial score (nSPS) is 11.0. The molecule has 0 fully saturated rings. The smallest absolute Gasteiger partial charge is 0.267 e. The topological polar surface area (TPSA) is 108 Å². The molecule has 7 nitrogen and oxygen atoms in total. The Kier molecular flexibility index (Phi) is 8.23. The van der Waals surface area contributed by atoms with Crippen LogP contribution in [-0.2, 0) is 4.79 Å². The van der Waals surface area contributed by atoms with Crippen molar-refractivity contribution < 1.29 is 24.5 Å². The monoisotopic (exact) mass is 544 g/mol. The van der Waals surface area contributed by atoms with Gasteiger partial charge in [0.1, 0.15) is 22.9 Å². The number of aliphatic hydroxyl groups excluding tert-OH is 1. The van der Waals surface area contributed by atoms with Crippen molar-refractivity contribution in [2.24, 2.45) is 0 Å². The van der Waals surface area contributed by atoms with Crippen LogP contribution in [0.5, 0.6) is 17.2 Å². The van der Waals surface area contributed by atoms with E-state index in [1.807, 2.05) is 24.3 Å². The predicted octanol–water partition coefficient (Wildman–Crippen LogP) is 3.67. The number of carbonyl (C=O) groups excluding carboxylic acids is 2. The molecule has 0 saturated carbocycles. The number of benzene rings is 3. The first kappa shape index (κ1) is 23.3. The van der Waals surface area contributed by atoms with Crippen molar-refractivity contribution in [3.05, 3.63) is 93.2 Å². The lowest BCUT2D eigenvalue weighted by atomic mass is 10.1. The standard InChI is InChI=1S/C24H21IN2O5/c25-19-6-2-4-8-22(19)32-17-11-9-16(10-12-17)15-20(24(31)26-13-14-28)27-23(30)18-5-1-3-7-21(18)29/h1-12,15,28-29H,13-14H2,(H,26,31)(H,27,30)/b20-15+. The largest absolute Gasteiger partial charge is 0.507 e. The molecule has 32 heavy (non-hydrogen) atoms. The molecule has 0 atom stereocenters. The molecule has 3 aromatic rings. The fourth-order valence-corrected chi connectivity index (χ4v) is 3.23. The van der Waals surface area contributed by atoms with Crippen molar-refractivity contribution in [2.45, 2.75) is 0 Å². The molecule has 8 heteroatoms. The van der Waals surface area contributed by atoms with Gasteiger partial charge in [-0.05, 0) is 70.6 Å². The summed E-state index contributed by atoms with van der Waals surface area (Å²) in [6, 6.07) is 20.7. The van der Waals surface area contributed by atoms with E-state index >= 15 is 0 Å². The molecule has 0 spiro atoms. The number of ether oxygens (including phenoxy) is 1. The van der Waals surface area contributed by atoms with Crippen LogP contribution in [0.15, 0.2) is 78.5 Å². The van der Waals surface area contributed by atoms with Crippen molar-refractivity contribution in [1.29, 1.82) is 0 Å². The second-order valence-electron chi connectivity index (χ2n) is 6.61. The van der Waals surface area contributed by atoms with Gasteiger partial charge in [-0.25, -0.2) is 0 Å². The summed E-state index contributed by atoms with van der Waals surface area (Å²) < 4.78 is 6.85. The molecule has 0 bridgehead atoms.